The summed E-state index contributed by atoms with van der Waals surface area (Å²) in [6.45, 7) is 3.26. The first-order valence-electron chi connectivity index (χ1n) is 11.8. The van der Waals surface area contributed by atoms with Gasteiger partial charge in [0.2, 0.25) is 0 Å². The highest BCUT2D eigenvalue weighted by Crippen LogP contribution is 2.40. The molecule has 2 heterocycles. The van der Waals surface area contributed by atoms with E-state index in [1.807, 2.05) is 11.0 Å². The van der Waals surface area contributed by atoms with Gasteiger partial charge in [0.25, 0.3) is 0 Å². The fourth-order valence-electron chi connectivity index (χ4n) is 5.45. The standard InChI is InChI=1S/C28H29F2N3O/c1-33(17-15-21-5-3-2-4-6-21)18-16-26(19-33)32-20-28(31-27(32)34,22-7-11-24(29)12-8-22)23-9-13-25(30)14-10-23/h2-14,26H,15-20H2,1H3/t26-,33?/m1/s1. The number of hydrogen-bond donors (Lipinski definition) is 0. The van der Waals surface area contributed by atoms with E-state index in [0.717, 1.165) is 48.1 Å². The third kappa shape index (κ3) is 4.30. The van der Waals surface area contributed by atoms with Crippen molar-refractivity contribution < 1.29 is 18.4 Å². The monoisotopic (exact) mass is 461 g/mol. The predicted molar refractivity (Wildman–Crippen MR) is 127 cm³/mol. The predicted octanol–water partition coefficient (Wildman–Crippen LogP) is 3.70. The third-order valence-electron chi connectivity index (χ3n) is 7.45. The Balaban J connectivity index is 1.38. The fourth-order valence-corrected chi connectivity index (χ4v) is 5.45. The Bertz CT molecular complexity index is 1120. The van der Waals surface area contributed by atoms with Crippen molar-refractivity contribution in [1.29, 1.82) is 0 Å². The van der Waals surface area contributed by atoms with Gasteiger partial charge >= 0.3 is 0 Å². The van der Waals surface area contributed by atoms with Crippen LogP contribution >= 0.6 is 0 Å². The van der Waals surface area contributed by atoms with Crippen LogP contribution < -0.4 is 5.11 Å². The average molecular weight is 462 g/mol. The Hall–Kier alpha value is -3.25. The van der Waals surface area contributed by atoms with Gasteiger partial charge in [0.15, 0.2) is 0 Å². The Labute approximate surface area is 199 Å². The maximum Gasteiger partial charge on any atom is 0.129 e. The number of amidine groups is 1. The fraction of sp³-hybridized carbons (Fsp3) is 0.321. The molecule has 1 saturated heterocycles. The van der Waals surface area contributed by atoms with Gasteiger partial charge in [-0.1, -0.05) is 54.6 Å². The van der Waals surface area contributed by atoms with Crippen LogP contribution in [0.15, 0.2) is 83.9 Å². The lowest BCUT2D eigenvalue weighted by molar-refractivity contribution is -0.898. The minimum Gasteiger partial charge on any atom is -0.846 e. The first kappa shape index (κ1) is 22.5. The number of rotatable bonds is 6. The second kappa shape index (κ2) is 8.84. The highest BCUT2D eigenvalue weighted by atomic mass is 19.1. The molecule has 176 valence electrons. The van der Waals surface area contributed by atoms with Crippen molar-refractivity contribution in [1.82, 2.24) is 4.90 Å². The lowest BCUT2D eigenvalue weighted by Gasteiger charge is -2.35. The number of aliphatic imine (C=N–C) groups is 1. The molecule has 0 N–H and O–H groups in total. The molecule has 34 heavy (non-hydrogen) atoms. The largest absolute Gasteiger partial charge is 0.846 e. The van der Waals surface area contributed by atoms with Crippen LogP contribution in [-0.2, 0) is 12.0 Å². The summed E-state index contributed by atoms with van der Waals surface area (Å²) in [7, 11) is 2.26. The number of quaternary nitrogens is 1. The molecule has 2 aliphatic heterocycles. The highest BCUT2D eigenvalue weighted by Gasteiger charge is 2.46. The molecule has 0 amide bonds. The second-order valence-corrected chi connectivity index (χ2v) is 9.82. The van der Waals surface area contributed by atoms with Gasteiger partial charge in [-0.15, -0.1) is 0 Å². The number of likely N-dealkylation sites (tertiary alicyclic amines) is 1. The van der Waals surface area contributed by atoms with Gasteiger partial charge in [-0.05, 0) is 41.0 Å². The molecule has 0 radical (unpaired) electrons. The van der Waals surface area contributed by atoms with Gasteiger partial charge in [-0.3, -0.25) is 4.99 Å². The van der Waals surface area contributed by atoms with E-state index in [-0.39, 0.29) is 23.7 Å². The van der Waals surface area contributed by atoms with E-state index in [4.69, 9.17) is 0 Å². The Morgan fingerprint density at radius 2 is 1.53 bits per heavy atom. The summed E-state index contributed by atoms with van der Waals surface area (Å²) in [5.41, 5.74) is 1.81. The quantitative estimate of drug-likeness (QED) is 0.525. The third-order valence-corrected chi connectivity index (χ3v) is 7.45. The first-order chi connectivity index (χ1) is 16.4. The second-order valence-electron chi connectivity index (χ2n) is 9.82. The molecule has 0 saturated carbocycles. The summed E-state index contributed by atoms with van der Waals surface area (Å²) in [5, 5.41) is 13.3. The van der Waals surface area contributed by atoms with E-state index in [1.54, 1.807) is 24.3 Å². The zero-order valence-corrected chi connectivity index (χ0v) is 19.3. The van der Waals surface area contributed by atoms with Gasteiger partial charge in [0, 0.05) is 12.8 Å². The number of likely N-dealkylation sites (N-methyl/N-ethyl adjacent to an activating group) is 1. The van der Waals surface area contributed by atoms with Crippen molar-refractivity contribution in [3.63, 3.8) is 0 Å². The molecule has 1 fully saturated rings. The van der Waals surface area contributed by atoms with Gasteiger partial charge in [-0.2, -0.15) is 0 Å². The Morgan fingerprint density at radius 3 is 2.12 bits per heavy atom. The molecular formula is C28H29F2N3O. The Morgan fingerprint density at radius 1 is 0.941 bits per heavy atom. The van der Waals surface area contributed by atoms with Gasteiger partial charge in [-0.25, -0.2) is 8.78 Å². The molecule has 4 nitrogen and oxygen atoms in total. The topological polar surface area (TPSA) is 38.7 Å². The summed E-state index contributed by atoms with van der Waals surface area (Å²) in [4.78, 5) is 6.50. The average Bonchev–Trinajstić information content (AvgIpc) is 3.40. The van der Waals surface area contributed by atoms with Crippen LogP contribution in [-0.4, -0.2) is 54.7 Å². The van der Waals surface area contributed by atoms with Crippen LogP contribution in [0.3, 0.4) is 0 Å². The van der Waals surface area contributed by atoms with Crippen molar-refractivity contribution in [3.05, 3.63) is 107 Å². The van der Waals surface area contributed by atoms with Gasteiger partial charge in [0.1, 0.15) is 17.2 Å². The first-order valence-corrected chi connectivity index (χ1v) is 11.8. The molecule has 0 bridgehead atoms. The summed E-state index contributed by atoms with van der Waals surface area (Å²) in [6.07, 6.45) is 1.91. The Kier molecular flexibility index (Phi) is 5.86. The van der Waals surface area contributed by atoms with E-state index in [2.05, 4.69) is 36.3 Å². The minimum atomic E-state index is -0.978. The molecule has 0 aromatic heterocycles. The number of benzene rings is 3. The molecular weight excluding hydrogens is 432 g/mol. The van der Waals surface area contributed by atoms with E-state index >= 15 is 0 Å². The maximum atomic E-state index is 13.7. The molecule has 3 aromatic carbocycles. The molecule has 6 heteroatoms. The van der Waals surface area contributed by atoms with Crippen LogP contribution in [0.2, 0.25) is 0 Å². The molecule has 5 rings (SSSR count). The van der Waals surface area contributed by atoms with Crippen molar-refractivity contribution in [3.8, 4) is 0 Å². The van der Waals surface area contributed by atoms with E-state index in [1.165, 1.54) is 29.8 Å². The highest BCUT2D eigenvalue weighted by molar-refractivity contribution is 5.74. The number of hydrogen-bond acceptors (Lipinski definition) is 3. The van der Waals surface area contributed by atoms with E-state index < -0.39 is 5.54 Å². The van der Waals surface area contributed by atoms with Gasteiger partial charge in [0.05, 0.1) is 45.3 Å². The summed E-state index contributed by atoms with van der Waals surface area (Å²) < 4.78 is 28.3. The minimum absolute atomic E-state index is 0.0831. The smallest absolute Gasteiger partial charge is 0.129 e. The van der Waals surface area contributed by atoms with Crippen molar-refractivity contribution >= 4 is 6.02 Å². The van der Waals surface area contributed by atoms with Crippen molar-refractivity contribution in [2.24, 2.45) is 4.99 Å². The zero-order chi connectivity index (χ0) is 23.8. The maximum absolute atomic E-state index is 13.7. The SMILES string of the molecule is C[N+]1(CCc2ccccc2)CC[C@@H](N2CC(c3ccc(F)cc3)(c3ccc(F)cc3)N=C2[O-])C1. The molecule has 3 aromatic rings. The van der Waals surface area contributed by atoms with E-state index in [9.17, 15) is 13.9 Å². The van der Waals surface area contributed by atoms with Crippen LogP contribution in [0.5, 0.6) is 0 Å². The van der Waals surface area contributed by atoms with E-state index in [0.29, 0.717) is 6.54 Å². The van der Waals surface area contributed by atoms with Crippen LogP contribution in [0.4, 0.5) is 8.78 Å². The lowest BCUT2D eigenvalue weighted by atomic mass is 9.83. The summed E-state index contributed by atoms with van der Waals surface area (Å²) in [6, 6.07) is 22.5. The molecule has 2 atom stereocenters. The molecule has 2 aliphatic rings. The van der Waals surface area contributed by atoms with Crippen molar-refractivity contribution in [2.75, 3.05) is 33.2 Å². The summed E-state index contributed by atoms with van der Waals surface area (Å²) >= 11 is 0. The molecule has 1 unspecified atom stereocenters. The zero-order valence-electron chi connectivity index (χ0n) is 19.3. The number of nitrogens with zero attached hydrogens (tertiary/aromatic N) is 3. The van der Waals surface area contributed by atoms with Gasteiger partial charge < -0.3 is 14.5 Å². The lowest BCUT2D eigenvalue weighted by Crippen LogP contribution is -2.50. The van der Waals surface area contributed by atoms with Crippen LogP contribution in [0.1, 0.15) is 23.1 Å². The summed E-state index contributed by atoms with van der Waals surface area (Å²) in [5.74, 6) is -0.692. The normalized spacial score (nSPS) is 23.8. The molecule has 0 aliphatic carbocycles. The molecule has 0 spiro atoms. The van der Waals surface area contributed by atoms with Crippen LogP contribution in [0.25, 0.3) is 0 Å². The van der Waals surface area contributed by atoms with Crippen LogP contribution in [0, 0.1) is 11.6 Å². The number of halogens is 2. The van der Waals surface area contributed by atoms with Crippen molar-refractivity contribution in [2.45, 2.75) is 24.4 Å².